The lowest BCUT2D eigenvalue weighted by Gasteiger charge is -2.47. The van der Waals surface area contributed by atoms with E-state index in [9.17, 15) is 0 Å². The smallest absolute Gasteiger partial charge is 0.191 e. The Hall–Kier alpha value is -0.470. The Morgan fingerprint density at radius 3 is 2.52 bits per heavy atom. The first kappa shape index (κ1) is 22.8. The first-order valence-electron chi connectivity index (χ1n) is 10.1. The SMILES string of the molecule is CCNC(=NCC(C)Sc1ccccc1)NC1CC2CCCC(C1)N2C.I. The van der Waals surface area contributed by atoms with Gasteiger partial charge in [0.05, 0.1) is 6.54 Å². The number of hydrogen-bond acceptors (Lipinski definition) is 3. The van der Waals surface area contributed by atoms with Gasteiger partial charge < -0.3 is 15.5 Å². The average Bonchev–Trinajstić information content (AvgIpc) is 2.61. The number of piperidine rings is 2. The summed E-state index contributed by atoms with van der Waals surface area (Å²) in [6.07, 6.45) is 6.58. The molecule has 4 nitrogen and oxygen atoms in total. The molecule has 152 valence electrons. The molecule has 3 atom stereocenters. The van der Waals surface area contributed by atoms with E-state index in [4.69, 9.17) is 4.99 Å². The van der Waals surface area contributed by atoms with E-state index in [1.165, 1.54) is 37.0 Å². The third kappa shape index (κ3) is 6.82. The molecule has 1 aromatic rings. The van der Waals surface area contributed by atoms with Crippen LogP contribution in [-0.2, 0) is 0 Å². The fourth-order valence-corrected chi connectivity index (χ4v) is 5.16. The normalized spacial score (nSPS) is 26.8. The molecule has 6 heteroatoms. The molecular formula is C21H35IN4S. The van der Waals surface area contributed by atoms with E-state index in [-0.39, 0.29) is 24.0 Å². The number of nitrogens with zero attached hydrogens (tertiary/aromatic N) is 2. The number of fused-ring (bicyclic) bond motifs is 2. The van der Waals surface area contributed by atoms with Crippen molar-refractivity contribution in [1.29, 1.82) is 0 Å². The van der Waals surface area contributed by atoms with E-state index in [0.717, 1.165) is 31.1 Å². The molecule has 3 rings (SSSR count). The Morgan fingerprint density at radius 1 is 1.22 bits per heavy atom. The molecule has 2 saturated heterocycles. The molecule has 2 fully saturated rings. The fourth-order valence-electron chi connectivity index (χ4n) is 4.24. The van der Waals surface area contributed by atoms with Gasteiger partial charge in [-0.2, -0.15) is 0 Å². The second-order valence-corrected chi connectivity index (χ2v) is 9.19. The zero-order valence-electron chi connectivity index (χ0n) is 16.9. The van der Waals surface area contributed by atoms with E-state index in [0.29, 0.717) is 11.3 Å². The van der Waals surface area contributed by atoms with Crippen molar-refractivity contribution >= 4 is 41.7 Å². The average molecular weight is 503 g/mol. The lowest BCUT2D eigenvalue weighted by atomic mass is 9.82. The summed E-state index contributed by atoms with van der Waals surface area (Å²) in [5.74, 6) is 0.987. The van der Waals surface area contributed by atoms with Crippen LogP contribution in [0, 0.1) is 0 Å². The van der Waals surface area contributed by atoms with Crippen LogP contribution in [0.1, 0.15) is 46.0 Å². The summed E-state index contributed by atoms with van der Waals surface area (Å²) in [4.78, 5) is 8.81. The summed E-state index contributed by atoms with van der Waals surface area (Å²) in [7, 11) is 2.31. The van der Waals surface area contributed by atoms with Crippen LogP contribution < -0.4 is 10.6 Å². The predicted molar refractivity (Wildman–Crippen MR) is 129 cm³/mol. The van der Waals surface area contributed by atoms with E-state index in [1.807, 2.05) is 11.8 Å². The number of hydrogen-bond donors (Lipinski definition) is 2. The summed E-state index contributed by atoms with van der Waals surface area (Å²) in [6.45, 7) is 6.13. The van der Waals surface area contributed by atoms with Crippen molar-refractivity contribution in [2.24, 2.45) is 4.99 Å². The standard InChI is InChI=1S/C21H34N4S.HI/c1-4-22-21(23-15-16(2)26-20-11-6-5-7-12-20)24-17-13-18-9-8-10-19(14-17)25(18)3;/h5-7,11-12,16-19H,4,8-10,13-15H2,1-3H3,(H2,22,23,24);1H. The van der Waals surface area contributed by atoms with Crippen LogP contribution in [0.3, 0.4) is 0 Å². The van der Waals surface area contributed by atoms with E-state index >= 15 is 0 Å². The molecule has 2 aliphatic rings. The fraction of sp³-hybridized carbons (Fsp3) is 0.667. The monoisotopic (exact) mass is 502 g/mol. The maximum atomic E-state index is 4.88. The number of halogens is 1. The van der Waals surface area contributed by atoms with Crippen molar-refractivity contribution in [2.45, 2.75) is 74.2 Å². The van der Waals surface area contributed by atoms with Gasteiger partial charge in [0.15, 0.2) is 5.96 Å². The molecule has 2 heterocycles. The van der Waals surface area contributed by atoms with Crippen LogP contribution in [0.4, 0.5) is 0 Å². The lowest BCUT2D eigenvalue weighted by Crippen LogP contribution is -2.56. The van der Waals surface area contributed by atoms with Gasteiger partial charge in [-0.25, -0.2) is 0 Å². The van der Waals surface area contributed by atoms with Crippen molar-refractivity contribution in [3.05, 3.63) is 30.3 Å². The zero-order chi connectivity index (χ0) is 18.4. The molecule has 2 N–H and O–H groups in total. The van der Waals surface area contributed by atoms with Gasteiger partial charge in [0.2, 0.25) is 0 Å². The topological polar surface area (TPSA) is 39.7 Å². The van der Waals surface area contributed by atoms with Gasteiger partial charge >= 0.3 is 0 Å². The van der Waals surface area contributed by atoms with Crippen molar-refractivity contribution in [3.63, 3.8) is 0 Å². The molecule has 3 unspecified atom stereocenters. The van der Waals surface area contributed by atoms with Crippen LogP contribution in [0.5, 0.6) is 0 Å². The van der Waals surface area contributed by atoms with Crippen LogP contribution in [0.25, 0.3) is 0 Å². The van der Waals surface area contributed by atoms with Crippen molar-refractivity contribution < 1.29 is 0 Å². The van der Waals surface area contributed by atoms with Crippen LogP contribution in [-0.4, -0.2) is 54.4 Å². The van der Waals surface area contributed by atoms with Crippen molar-refractivity contribution in [2.75, 3.05) is 20.1 Å². The van der Waals surface area contributed by atoms with Crippen molar-refractivity contribution in [3.8, 4) is 0 Å². The molecule has 2 bridgehead atoms. The largest absolute Gasteiger partial charge is 0.357 e. The highest BCUT2D eigenvalue weighted by atomic mass is 127. The van der Waals surface area contributed by atoms with Gasteiger partial charge in [-0.3, -0.25) is 4.99 Å². The molecule has 0 aromatic heterocycles. The van der Waals surface area contributed by atoms with E-state index in [1.54, 1.807) is 0 Å². The van der Waals surface area contributed by atoms with Gasteiger partial charge in [-0.05, 0) is 51.8 Å². The van der Waals surface area contributed by atoms with Crippen molar-refractivity contribution in [1.82, 2.24) is 15.5 Å². The van der Waals surface area contributed by atoms with Gasteiger partial charge in [-0.15, -0.1) is 35.7 Å². The first-order valence-corrected chi connectivity index (χ1v) is 11.0. The van der Waals surface area contributed by atoms with Crippen LogP contribution in [0.2, 0.25) is 0 Å². The van der Waals surface area contributed by atoms with Crippen LogP contribution in [0.15, 0.2) is 40.2 Å². The number of benzene rings is 1. The molecule has 27 heavy (non-hydrogen) atoms. The number of guanidine groups is 1. The highest BCUT2D eigenvalue weighted by Crippen LogP contribution is 2.32. The molecule has 0 radical (unpaired) electrons. The highest BCUT2D eigenvalue weighted by molar-refractivity contribution is 14.0. The Balaban J connectivity index is 0.00000261. The van der Waals surface area contributed by atoms with Gasteiger partial charge in [-0.1, -0.05) is 31.5 Å². The summed E-state index contributed by atoms with van der Waals surface area (Å²) in [5, 5.41) is 7.63. The Bertz CT molecular complexity index is 569. The Morgan fingerprint density at radius 2 is 1.89 bits per heavy atom. The third-order valence-corrected chi connectivity index (χ3v) is 6.71. The molecular weight excluding hydrogens is 467 g/mol. The number of nitrogens with one attached hydrogen (secondary N) is 2. The van der Waals surface area contributed by atoms with Crippen LogP contribution >= 0.6 is 35.7 Å². The minimum absolute atomic E-state index is 0. The zero-order valence-corrected chi connectivity index (χ0v) is 20.0. The molecule has 2 aliphatic heterocycles. The molecule has 0 saturated carbocycles. The van der Waals surface area contributed by atoms with Gasteiger partial charge in [0.25, 0.3) is 0 Å². The quantitative estimate of drug-likeness (QED) is 0.263. The number of thioether (sulfide) groups is 1. The van der Waals surface area contributed by atoms with E-state index < -0.39 is 0 Å². The maximum absolute atomic E-state index is 4.88. The summed E-state index contributed by atoms with van der Waals surface area (Å²) in [5.41, 5.74) is 0. The van der Waals surface area contributed by atoms with Gasteiger partial charge in [0, 0.05) is 34.8 Å². The molecule has 0 aliphatic carbocycles. The highest BCUT2D eigenvalue weighted by Gasteiger charge is 2.36. The molecule has 1 aromatic carbocycles. The minimum Gasteiger partial charge on any atom is -0.357 e. The van der Waals surface area contributed by atoms with E-state index in [2.05, 4.69) is 66.8 Å². The minimum atomic E-state index is 0. The maximum Gasteiger partial charge on any atom is 0.191 e. The predicted octanol–water partition coefficient (Wildman–Crippen LogP) is 4.36. The second kappa shape index (κ2) is 11.5. The Kier molecular flexibility index (Phi) is 9.73. The molecule has 0 spiro atoms. The van der Waals surface area contributed by atoms with Gasteiger partial charge in [0.1, 0.15) is 0 Å². The molecule has 0 amide bonds. The lowest BCUT2D eigenvalue weighted by molar-refractivity contribution is 0.0526. The number of aliphatic imine (C=N–C) groups is 1. The third-order valence-electron chi connectivity index (χ3n) is 5.61. The summed E-state index contributed by atoms with van der Waals surface area (Å²) < 4.78 is 0. The number of rotatable bonds is 6. The summed E-state index contributed by atoms with van der Waals surface area (Å²) >= 11 is 1.89. The Labute approximate surface area is 186 Å². The summed E-state index contributed by atoms with van der Waals surface area (Å²) in [6, 6.07) is 12.7. The first-order chi connectivity index (χ1) is 12.7. The second-order valence-electron chi connectivity index (χ2n) is 7.68.